The van der Waals surface area contributed by atoms with Crippen molar-refractivity contribution in [2.45, 2.75) is 38.0 Å². The minimum Gasteiger partial charge on any atom is -0.356 e. The fourth-order valence-corrected chi connectivity index (χ4v) is 3.08. The van der Waals surface area contributed by atoms with Crippen molar-refractivity contribution in [2.24, 2.45) is 5.18 Å². The van der Waals surface area contributed by atoms with E-state index in [2.05, 4.69) is 34.8 Å². The van der Waals surface area contributed by atoms with E-state index in [-0.39, 0.29) is 0 Å². The highest BCUT2D eigenvalue weighted by Crippen LogP contribution is 2.34. The van der Waals surface area contributed by atoms with Crippen LogP contribution in [-0.2, 0) is 0 Å². The van der Waals surface area contributed by atoms with Gasteiger partial charge in [0.15, 0.2) is 0 Å². The van der Waals surface area contributed by atoms with Crippen LogP contribution in [-0.4, -0.2) is 0 Å². The summed E-state index contributed by atoms with van der Waals surface area (Å²) in [6.45, 7) is 0. The summed E-state index contributed by atoms with van der Waals surface area (Å²) in [7, 11) is 0. The second-order valence-corrected chi connectivity index (χ2v) is 5.72. The third-order valence-electron chi connectivity index (χ3n) is 4.22. The SMILES string of the molecule is O=Nc1ccc(Nc2cccc(C3CCCCC3)c2)cc1. The Morgan fingerprint density at radius 2 is 1.67 bits per heavy atom. The fourth-order valence-electron chi connectivity index (χ4n) is 3.08. The van der Waals surface area contributed by atoms with Crippen LogP contribution >= 0.6 is 0 Å². The lowest BCUT2D eigenvalue weighted by Crippen LogP contribution is -2.04. The smallest absolute Gasteiger partial charge is 0.108 e. The topological polar surface area (TPSA) is 41.5 Å². The molecule has 3 rings (SSSR count). The third-order valence-corrected chi connectivity index (χ3v) is 4.22. The Labute approximate surface area is 125 Å². The van der Waals surface area contributed by atoms with Gasteiger partial charge in [0.25, 0.3) is 0 Å². The molecule has 21 heavy (non-hydrogen) atoms. The Bertz CT molecular complexity index is 601. The van der Waals surface area contributed by atoms with E-state index in [1.165, 1.54) is 37.7 Å². The molecule has 3 nitrogen and oxygen atoms in total. The van der Waals surface area contributed by atoms with E-state index in [9.17, 15) is 4.91 Å². The van der Waals surface area contributed by atoms with Gasteiger partial charge in [-0.1, -0.05) is 31.4 Å². The number of nitrogens with zero attached hydrogens (tertiary/aromatic N) is 1. The molecule has 0 bridgehead atoms. The second kappa shape index (κ2) is 6.53. The van der Waals surface area contributed by atoms with Crippen LogP contribution in [0.5, 0.6) is 0 Å². The highest BCUT2D eigenvalue weighted by Gasteiger charge is 2.15. The summed E-state index contributed by atoms with van der Waals surface area (Å²) in [5.41, 5.74) is 3.97. The first-order valence-electron chi connectivity index (χ1n) is 7.65. The van der Waals surface area contributed by atoms with Crippen LogP contribution < -0.4 is 5.32 Å². The van der Waals surface area contributed by atoms with Crippen molar-refractivity contribution in [3.05, 3.63) is 59.0 Å². The molecule has 1 aliphatic rings. The predicted octanol–water partition coefficient (Wildman–Crippen LogP) is 5.88. The molecular formula is C18H20N2O. The van der Waals surface area contributed by atoms with E-state index in [0.29, 0.717) is 11.6 Å². The summed E-state index contributed by atoms with van der Waals surface area (Å²) in [5.74, 6) is 0.710. The number of anilines is 2. The number of hydrogen-bond acceptors (Lipinski definition) is 3. The van der Waals surface area contributed by atoms with Crippen molar-refractivity contribution in [1.29, 1.82) is 0 Å². The van der Waals surface area contributed by atoms with Crippen molar-refractivity contribution >= 4 is 17.1 Å². The van der Waals surface area contributed by atoms with Gasteiger partial charge in [-0.15, -0.1) is 4.91 Å². The molecule has 0 saturated heterocycles. The Morgan fingerprint density at radius 1 is 0.905 bits per heavy atom. The highest BCUT2D eigenvalue weighted by atomic mass is 16.3. The normalized spacial score (nSPS) is 15.6. The lowest BCUT2D eigenvalue weighted by molar-refractivity contribution is 0.444. The zero-order valence-corrected chi connectivity index (χ0v) is 12.1. The van der Waals surface area contributed by atoms with Gasteiger partial charge in [-0.2, -0.15) is 0 Å². The van der Waals surface area contributed by atoms with Gasteiger partial charge in [0.05, 0.1) is 0 Å². The van der Waals surface area contributed by atoms with Crippen molar-refractivity contribution < 1.29 is 0 Å². The molecule has 2 aromatic rings. The van der Waals surface area contributed by atoms with Gasteiger partial charge in [0.1, 0.15) is 5.69 Å². The molecule has 1 fully saturated rings. The first kappa shape index (κ1) is 13.8. The summed E-state index contributed by atoms with van der Waals surface area (Å²) in [6.07, 6.45) is 6.70. The van der Waals surface area contributed by atoms with E-state index in [1.54, 1.807) is 12.1 Å². The number of hydrogen-bond donors (Lipinski definition) is 1. The Kier molecular flexibility index (Phi) is 4.29. The zero-order valence-electron chi connectivity index (χ0n) is 12.1. The Hall–Kier alpha value is -2.16. The first-order chi connectivity index (χ1) is 10.3. The van der Waals surface area contributed by atoms with E-state index in [1.807, 2.05) is 12.1 Å². The molecule has 1 saturated carbocycles. The lowest BCUT2D eigenvalue weighted by atomic mass is 9.84. The van der Waals surface area contributed by atoms with Crippen LogP contribution in [0.2, 0.25) is 0 Å². The lowest BCUT2D eigenvalue weighted by Gasteiger charge is -2.22. The molecule has 1 N–H and O–H groups in total. The van der Waals surface area contributed by atoms with Crippen LogP contribution in [0.15, 0.2) is 53.7 Å². The zero-order chi connectivity index (χ0) is 14.5. The van der Waals surface area contributed by atoms with Crippen LogP contribution in [0.1, 0.15) is 43.6 Å². The number of benzene rings is 2. The number of nitrogens with one attached hydrogen (secondary N) is 1. The number of rotatable bonds is 4. The third kappa shape index (κ3) is 3.48. The summed E-state index contributed by atoms with van der Waals surface area (Å²) in [4.78, 5) is 10.4. The second-order valence-electron chi connectivity index (χ2n) is 5.72. The van der Waals surface area contributed by atoms with E-state index in [0.717, 1.165) is 11.4 Å². The molecule has 0 amide bonds. The molecule has 0 aliphatic heterocycles. The maximum Gasteiger partial charge on any atom is 0.108 e. The molecule has 0 radical (unpaired) electrons. The maximum absolute atomic E-state index is 10.4. The van der Waals surface area contributed by atoms with Gasteiger partial charge >= 0.3 is 0 Å². The van der Waals surface area contributed by atoms with Crippen LogP contribution in [0.4, 0.5) is 17.1 Å². The molecule has 0 spiro atoms. The van der Waals surface area contributed by atoms with Crippen LogP contribution in [0.25, 0.3) is 0 Å². The maximum atomic E-state index is 10.4. The Balaban J connectivity index is 1.74. The first-order valence-corrected chi connectivity index (χ1v) is 7.65. The van der Waals surface area contributed by atoms with E-state index in [4.69, 9.17) is 0 Å². The minimum absolute atomic E-state index is 0.455. The summed E-state index contributed by atoms with van der Waals surface area (Å²) >= 11 is 0. The monoisotopic (exact) mass is 280 g/mol. The average molecular weight is 280 g/mol. The quantitative estimate of drug-likeness (QED) is 0.711. The Morgan fingerprint density at radius 3 is 2.38 bits per heavy atom. The molecule has 0 heterocycles. The standard InChI is InChI=1S/C18H20N2O/c21-20-17-11-9-16(10-12-17)19-18-8-4-7-15(13-18)14-5-2-1-3-6-14/h4,7-14,19H,1-3,5-6H2. The molecular weight excluding hydrogens is 260 g/mol. The molecule has 108 valence electrons. The summed E-state index contributed by atoms with van der Waals surface area (Å²) in [6, 6.07) is 15.9. The molecule has 0 atom stereocenters. The fraction of sp³-hybridized carbons (Fsp3) is 0.333. The van der Waals surface area contributed by atoms with Crippen molar-refractivity contribution in [2.75, 3.05) is 5.32 Å². The van der Waals surface area contributed by atoms with Crippen molar-refractivity contribution in [3.8, 4) is 0 Å². The molecule has 3 heteroatoms. The van der Waals surface area contributed by atoms with Crippen LogP contribution in [0, 0.1) is 4.91 Å². The number of nitroso groups, excluding NO2 is 1. The molecule has 2 aromatic carbocycles. The summed E-state index contributed by atoms with van der Waals surface area (Å²) in [5, 5.41) is 6.31. The highest BCUT2D eigenvalue weighted by molar-refractivity contribution is 5.62. The largest absolute Gasteiger partial charge is 0.356 e. The predicted molar refractivity (Wildman–Crippen MR) is 87.4 cm³/mol. The molecule has 0 aromatic heterocycles. The van der Waals surface area contributed by atoms with Crippen molar-refractivity contribution in [3.63, 3.8) is 0 Å². The molecule has 0 unspecified atom stereocenters. The van der Waals surface area contributed by atoms with Gasteiger partial charge in [0, 0.05) is 11.4 Å². The van der Waals surface area contributed by atoms with Gasteiger partial charge in [-0.05, 0) is 65.9 Å². The van der Waals surface area contributed by atoms with Gasteiger partial charge in [-0.25, -0.2) is 0 Å². The average Bonchev–Trinajstić information content (AvgIpc) is 2.57. The van der Waals surface area contributed by atoms with E-state index >= 15 is 0 Å². The van der Waals surface area contributed by atoms with Gasteiger partial charge in [0.2, 0.25) is 0 Å². The minimum atomic E-state index is 0.455. The van der Waals surface area contributed by atoms with E-state index < -0.39 is 0 Å². The molecule has 1 aliphatic carbocycles. The van der Waals surface area contributed by atoms with Gasteiger partial charge < -0.3 is 5.32 Å². The van der Waals surface area contributed by atoms with Gasteiger partial charge in [-0.3, -0.25) is 0 Å². The van der Waals surface area contributed by atoms with Crippen LogP contribution in [0.3, 0.4) is 0 Å². The summed E-state index contributed by atoms with van der Waals surface area (Å²) < 4.78 is 0. The van der Waals surface area contributed by atoms with Crippen molar-refractivity contribution in [1.82, 2.24) is 0 Å².